The van der Waals surface area contributed by atoms with Gasteiger partial charge in [-0.2, -0.15) is 0 Å². The number of thiazole rings is 1. The van der Waals surface area contributed by atoms with Crippen molar-refractivity contribution in [2.75, 3.05) is 11.4 Å². The molecule has 1 N–H and O–H groups in total. The largest absolute Gasteiger partial charge is 0.325 e. The number of anilines is 1. The van der Waals surface area contributed by atoms with Crippen LogP contribution in [0.4, 0.5) is 14.9 Å². The Bertz CT molecular complexity index is 1080. The monoisotopic (exact) mass is 472 g/mol. The van der Waals surface area contributed by atoms with Crippen molar-refractivity contribution in [2.45, 2.75) is 59.0 Å². The molecule has 0 bridgehead atoms. The predicted octanol–water partition coefficient (Wildman–Crippen LogP) is 4.26. The number of amides is 4. The maximum Gasteiger partial charge on any atom is 0.325 e. The first-order valence-electron chi connectivity index (χ1n) is 11.1. The zero-order chi connectivity index (χ0) is 24.0. The second-order valence-electron chi connectivity index (χ2n) is 10.1. The van der Waals surface area contributed by atoms with Gasteiger partial charge in [0.2, 0.25) is 5.91 Å². The number of urea groups is 1. The van der Waals surface area contributed by atoms with E-state index in [-0.39, 0.29) is 30.3 Å². The number of nitrogens with one attached hydrogen (secondary N) is 1. The maximum absolute atomic E-state index is 13.5. The highest BCUT2D eigenvalue weighted by Crippen LogP contribution is 2.46. The Labute approximate surface area is 197 Å². The van der Waals surface area contributed by atoms with E-state index < -0.39 is 23.3 Å². The number of rotatable bonds is 5. The van der Waals surface area contributed by atoms with E-state index in [0.717, 1.165) is 16.3 Å². The second-order valence-corrected chi connectivity index (χ2v) is 11.1. The Morgan fingerprint density at radius 2 is 1.97 bits per heavy atom. The zero-order valence-corrected chi connectivity index (χ0v) is 20.2. The lowest BCUT2D eigenvalue weighted by molar-refractivity contribution is -0.137. The van der Waals surface area contributed by atoms with Gasteiger partial charge in [-0.3, -0.25) is 14.5 Å². The van der Waals surface area contributed by atoms with Gasteiger partial charge in [0.05, 0.1) is 17.2 Å². The van der Waals surface area contributed by atoms with Crippen molar-refractivity contribution < 1.29 is 18.8 Å². The number of nitrogens with zero attached hydrogens (tertiary/aromatic N) is 3. The topological polar surface area (TPSA) is 82.6 Å². The molecule has 4 rings (SSSR count). The van der Waals surface area contributed by atoms with Gasteiger partial charge in [0.1, 0.15) is 17.9 Å². The first kappa shape index (κ1) is 23.4. The predicted molar refractivity (Wildman–Crippen MR) is 124 cm³/mol. The molecule has 1 aromatic carbocycles. The van der Waals surface area contributed by atoms with Crippen molar-refractivity contribution in [2.24, 2.45) is 11.3 Å². The molecule has 2 unspecified atom stereocenters. The summed E-state index contributed by atoms with van der Waals surface area (Å²) in [7, 11) is 0. The van der Waals surface area contributed by atoms with Gasteiger partial charge in [0, 0.05) is 11.1 Å². The SMILES string of the molecule is Cc1nc(CN(C(=O)CN2C(=O)NC3(CC(C)CC(C)(C)C3)C2=O)c2ccc(F)cc2)cs1. The normalized spacial score (nSPS) is 24.3. The Kier molecular flexibility index (Phi) is 6.03. The van der Waals surface area contributed by atoms with E-state index >= 15 is 0 Å². The van der Waals surface area contributed by atoms with Crippen LogP contribution in [0.1, 0.15) is 50.7 Å². The second kappa shape index (κ2) is 8.52. The molecule has 1 aromatic heterocycles. The number of hydrogen-bond donors (Lipinski definition) is 1. The molecule has 2 aromatic rings. The lowest BCUT2D eigenvalue weighted by atomic mass is 9.64. The van der Waals surface area contributed by atoms with Gasteiger partial charge in [-0.15, -0.1) is 11.3 Å². The molecule has 1 saturated carbocycles. The summed E-state index contributed by atoms with van der Waals surface area (Å²) in [6.07, 6.45) is 2.08. The third-order valence-corrected chi connectivity index (χ3v) is 7.17. The molecule has 33 heavy (non-hydrogen) atoms. The molecule has 2 heterocycles. The molecule has 176 valence electrons. The first-order chi connectivity index (χ1) is 15.5. The molecule has 2 atom stereocenters. The quantitative estimate of drug-likeness (QED) is 0.659. The summed E-state index contributed by atoms with van der Waals surface area (Å²) in [5, 5.41) is 5.62. The molecule has 0 radical (unpaired) electrons. The average molecular weight is 473 g/mol. The minimum Gasteiger partial charge on any atom is -0.323 e. The van der Waals surface area contributed by atoms with Crippen molar-refractivity contribution in [3.8, 4) is 0 Å². The highest BCUT2D eigenvalue weighted by atomic mass is 32.1. The van der Waals surface area contributed by atoms with Crippen LogP contribution >= 0.6 is 11.3 Å². The van der Waals surface area contributed by atoms with Crippen LogP contribution in [0.2, 0.25) is 0 Å². The molecule has 9 heteroatoms. The number of carbonyl (C=O) groups is 3. The standard InChI is InChI=1S/C24H29FN4O3S/c1-15-9-23(3,4)14-24(10-15)21(31)29(22(32)27-24)12-20(30)28(11-18-13-33-16(2)26-18)19-7-5-17(25)6-8-19/h5-8,13,15H,9-12,14H2,1-4H3,(H,27,32). The van der Waals surface area contributed by atoms with Gasteiger partial charge in [-0.25, -0.2) is 14.2 Å². The number of halogens is 1. The van der Waals surface area contributed by atoms with E-state index in [4.69, 9.17) is 0 Å². The van der Waals surface area contributed by atoms with E-state index in [2.05, 4.69) is 31.1 Å². The molecule has 1 aliphatic carbocycles. The lowest BCUT2D eigenvalue weighted by Gasteiger charge is -2.43. The fourth-order valence-corrected chi connectivity index (χ4v) is 6.06. The Balaban J connectivity index is 1.57. The van der Waals surface area contributed by atoms with E-state index in [1.165, 1.54) is 40.5 Å². The fraction of sp³-hybridized carbons (Fsp3) is 0.500. The van der Waals surface area contributed by atoms with E-state index in [1.807, 2.05) is 12.3 Å². The molecule has 7 nitrogen and oxygen atoms in total. The van der Waals surface area contributed by atoms with Crippen molar-refractivity contribution in [1.29, 1.82) is 0 Å². The number of benzene rings is 1. The Morgan fingerprint density at radius 1 is 1.27 bits per heavy atom. The third kappa shape index (κ3) is 4.78. The third-order valence-electron chi connectivity index (χ3n) is 6.34. The van der Waals surface area contributed by atoms with E-state index in [1.54, 1.807) is 0 Å². The molecule has 1 saturated heterocycles. The zero-order valence-electron chi connectivity index (χ0n) is 19.4. The summed E-state index contributed by atoms with van der Waals surface area (Å²) in [6, 6.07) is 5.02. The fourth-order valence-electron chi connectivity index (χ4n) is 5.46. The van der Waals surface area contributed by atoms with Crippen molar-refractivity contribution in [3.63, 3.8) is 0 Å². The van der Waals surface area contributed by atoms with Gasteiger partial charge >= 0.3 is 6.03 Å². The van der Waals surface area contributed by atoms with Crippen LogP contribution in [-0.4, -0.2) is 39.8 Å². The minimum absolute atomic E-state index is 0.0940. The first-order valence-corrected chi connectivity index (χ1v) is 12.0. The van der Waals surface area contributed by atoms with Crippen LogP contribution in [0, 0.1) is 24.1 Å². The van der Waals surface area contributed by atoms with Crippen LogP contribution in [-0.2, 0) is 16.1 Å². The van der Waals surface area contributed by atoms with Gasteiger partial charge in [0.15, 0.2) is 0 Å². The summed E-state index contributed by atoms with van der Waals surface area (Å²) in [5.74, 6) is -0.919. The summed E-state index contributed by atoms with van der Waals surface area (Å²) in [4.78, 5) is 46.5. The summed E-state index contributed by atoms with van der Waals surface area (Å²) in [6.45, 7) is 7.93. The van der Waals surface area contributed by atoms with E-state index in [9.17, 15) is 18.8 Å². The Morgan fingerprint density at radius 3 is 2.58 bits per heavy atom. The van der Waals surface area contributed by atoms with Crippen molar-refractivity contribution >= 4 is 34.9 Å². The molecule has 1 aliphatic heterocycles. The van der Waals surface area contributed by atoms with Gasteiger partial charge < -0.3 is 10.2 Å². The smallest absolute Gasteiger partial charge is 0.323 e. The highest BCUT2D eigenvalue weighted by Gasteiger charge is 2.56. The van der Waals surface area contributed by atoms with Crippen LogP contribution in [0.3, 0.4) is 0 Å². The molecule has 2 fully saturated rings. The van der Waals surface area contributed by atoms with Gasteiger partial charge in [0.25, 0.3) is 5.91 Å². The minimum atomic E-state index is -0.967. The van der Waals surface area contributed by atoms with Crippen molar-refractivity contribution in [1.82, 2.24) is 15.2 Å². The van der Waals surface area contributed by atoms with Crippen LogP contribution < -0.4 is 10.2 Å². The van der Waals surface area contributed by atoms with Gasteiger partial charge in [-0.05, 0) is 61.8 Å². The number of aryl methyl sites for hydroxylation is 1. The summed E-state index contributed by atoms with van der Waals surface area (Å²) in [5.41, 5.74) is 0.0991. The Hall–Kier alpha value is -2.81. The van der Waals surface area contributed by atoms with Crippen molar-refractivity contribution in [3.05, 3.63) is 46.2 Å². The average Bonchev–Trinajstić information content (AvgIpc) is 3.21. The summed E-state index contributed by atoms with van der Waals surface area (Å²) < 4.78 is 13.5. The molecular weight excluding hydrogens is 443 g/mol. The number of imide groups is 1. The number of hydrogen-bond acceptors (Lipinski definition) is 5. The lowest BCUT2D eigenvalue weighted by Crippen LogP contribution is -2.54. The number of aromatic nitrogens is 1. The molecule has 2 aliphatic rings. The molecule has 1 spiro atoms. The highest BCUT2D eigenvalue weighted by molar-refractivity contribution is 7.09. The molecular formula is C24H29FN4O3S. The summed E-state index contributed by atoms with van der Waals surface area (Å²) >= 11 is 1.47. The maximum atomic E-state index is 13.5. The van der Waals surface area contributed by atoms with Gasteiger partial charge in [-0.1, -0.05) is 20.8 Å². The van der Waals surface area contributed by atoms with Crippen LogP contribution in [0.5, 0.6) is 0 Å². The van der Waals surface area contributed by atoms with E-state index in [0.29, 0.717) is 24.2 Å². The number of carbonyl (C=O) groups excluding carboxylic acids is 3. The molecule has 4 amide bonds. The van der Waals surface area contributed by atoms with Crippen LogP contribution in [0.15, 0.2) is 29.6 Å². The van der Waals surface area contributed by atoms with Crippen LogP contribution in [0.25, 0.3) is 0 Å².